The summed E-state index contributed by atoms with van der Waals surface area (Å²) >= 11 is 0. The zero-order valence-electron chi connectivity index (χ0n) is 11.8. The summed E-state index contributed by atoms with van der Waals surface area (Å²) in [6.45, 7) is 0.699. The van der Waals surface area contributed by atoms with Crippen LogP contribution >= 0.6 is 0 Å². The maximum atomic E-state index is 5.88. The molecule has 0 spiro atoms. The second-order valence-corrected chi connectivity index (χ2v) is 6.32. The zero-order valence-corrected chi connectivity index (χ0v) is 11.8. The van der Waals surface area contributed by atoms with E-state index < -0.39 is 0 Å². The van der Waals surface area contributed by atoms with E-state index in [4.69, 9.17) is 5.73 Å². The first-order chi connectivity index (χ1) is 9.81. The van der Waals surface area contributed by atoms with Crippen LogP contribution < -0.4 is 5.73 Å². The van der Waals surface area contributed by atoms with Crippen LogP contribution in [0.1, 0.15) is 42.6 Å². The van der Waals surface area contributed by atoms with Crippen molar-refractivity contribution in [2.45, 2.75) is 43.9 Å². The first-order valence-corrected chi connectivity index (χ1v) is 7.68. The summed E-state index contributed by atoms with van der Waals surface area (Å²) < 4.78 is 0. The molecular formula is C17H21N3. The fourth-order valence-electron chi connectivity index (χ4n) is 3.33. The van der Waals surface area contributed by atoms with E-state index in [-0.39, 0.29) is 5.41 Å². The van der Waals surface area contributed by atoms with Gasteiger partial charge in [-0.25, -0.2) is 4.98 Å². The van der Waals surface area contributed by atoms with Crippen LogP contribution in [0.15, 0.2) is 24.4 Å². The molecule has 3 heteroatoms. The molecular weight excluding hydrogens is 246 g/mol. The smallest absolute Gasteiger partial charge is 0.114 e. The number of nitrogens with one attached hydrogen (secondary N) is 1. The molecule has 0 unspecified atom stereocenters. The molecule has 1 aromatic heterocycles. The summed E-state index contributed by atoms with van der Waals surface area (Å²) in [6.07, 6.45) is 9.41. The van der Waals surface area contributed by atoms with Crippen LogP contribution in [0.2, 0.25) is 0 Å². The van der Waals surface area contributed by atoms with E-state index in [0.29, 0.717) is 6.54 Å². The lowest BCUT2D eigenvalue weighted by Gasteiger charge is -2.16. The number of benzene rings is 1. The van der Waals surface area contributed by atoms with Gasteiger partial charge in [-0.2, -0.15) is 0 Å². The highest BCUT2D eigenvalue weighted by molar-refractivity contribution is 5.61. The topological polar surface area (TPSA) is 54.7 Å². The molecule has 1 heterocycles. The van der Waals surface area contributed by atoms with Gasteiger partial charge in [-0.3, -0.25) is 0 Å². The Morgan fingerprint density at radius 1 is 1.15 bits per heavy atom. The van der Waals surface area contributed by atoms with E-state index in [1.165, 1.54) is 55.2 Å². The predicted octanol–water partition coefficient (Wildman–Crippen LogP) is 2.95. The summed E-state index contributed by atoms with van der Waals surface area (Å²) in [7, 11) is 0. The van der Waals surface area contributed by atoms with Crippen molar-refractivity contribution < 1.29 is 0 Å². The second kappa shape index (κ2) is 4.45. The van der Waals surface area contributed by atoms with E-state index in [9.17, 15) is 0 Å². The van der Waals surface area contributed by atoms with Gasteiger partial charge in [-0.05, 0) is 61.3 Å². The summed E-state index contributed by atoms with van der Waals surface area (Å²) in [6, 6.07) is 6.86. The van der Waals surface area contributed by atoms with Crippen LogP contribution in [0.5, 0.6) is 0 Å². The molecule has 0 atom stereocenters. The molecule has 2 aliphatic rings. The van der Waals surface area contributed by atoms with Crippen molar-refractivity contribution in [1.82, 2.24) is 9.97 Å². The third-order valence-corrected chi connectivity index (χ3v) is 4.98. The molecule has 3 N–H and O–H groups in total. The summed E-state index contributed by atoms with van der Waals surface area (Å²) in [5, 5.41) is 0. The second-order valence-electron chi connectivity index (χ2n) is 6.32. The Kier molecular flexibility index (Phi) is 2.71. The number of H-pyrrole nitrogens is 1. The maximum absolute atomic E-state index is 5.88. The molecule has 0 saturated heterocycles. The Labute approximate surface area is 119 Å². The van der Waals surface area contributed by atoms with Gasteiger partial charge in [0.1, 0.15) is 5.82 Å². The van der Waals surface area contributed by atoms with Gasteiger partial charge in [0.05, 0.1) is 11.9 Å². The highest BCUT2D eigenvalue weighted by atomic mass is 15.0. The minimum Gasteiger partial charge on any atom is -0.342 e. The summed E-state index contributed by atoms with van der Waals surface area (Å²) in [4.78, 5) is 8.07. The number of nitrogens with two attached hydrogens (primary N) is 1. The molecule has 0 amide bonds. The van der Waals surface area contributed by atoms with Crippen LogP contribution in [0.4, 0.5) is 0 Å². The number of aromatic nitrogens is 2. The molecule has 0 radical (unpaired) electrons. The lowest BCUT2D eigenvalue weighted by atomic mass is 9.90. The number of fused-ring (bicyclic) bond motifs is 1. The van der Waals surface area contributed by atoms with Crippen molar-refractivity contribution >= 4 is 0 Å². The van der Waals surface area contributed by atoms with Crippen molar-refractivity contribution in [2.75, 3.05) is 6.54 Å². The largest absolute Gasteiger partial charge is 0.342 e. The van der Waals surface area contributed by atoms with Gasteiger partial charge in [0.25, 0.3) is 0 Å². The highest BCUT2D eigenvalue weighted by Gasteiger charge is 2.45. The van der Waals surface area contributed by atoms with Crippen molar-refractivity contribution in [3.05, 3.63) is 41.3 Å². The van der Waals surface area contributed by atoms with Crippen molar-refractivity contribution in [3.8, 4) is 11.3 Å². The van der Waals surface area contributed by atoms with E-state index in [1.54, 1.807) is 0 Å². The van der Waals surface area contributed by atoms with Gasteiger partial charge in [-0.15, -0.1) is 0 Å². The Morgan fingerprint density at radius 3 is 2.70 bits per heavy atom. The van der Waals surface area contributed by atoms with E-state index in [1.807, 2.05) is 6.20 Å². The third kappa shape index (κ3) is 1.88. The molecule has 0 bridgehead atoms. The Balaban J connectivity index is 1.67. The monoisotopic (exact) mass is 267 g/mol. The number of hydrogen-bond donors (Lipinski definition) is 2. The van der Waals surface area contributed by atoms with E-state index in [0.717, 1.165) is 11.5 Å². The van der Waals surface area contributed by atoms with E-state index in [2.05, 4.69) is 28.2 Å². The lowest BCUT2D eigenvalue weighted by Crippen LogP contribution is -2.21. The normalized spacial score (nSPS) is 19.6. The number of aromatic amines is 1. The minimum atomic E-state index is 0.145. The molecule has 2 aromatic rings. The fraction of sp³-hybridized carbons (Fsp3) is 0.471. The van der Waals surface area contributed by atoms with Gasteiger partial charge in [0, 0.05) is 12.0 Å². The molecule has 20 heavy (non-hydrogen) atoms. The number of rotatable bonds is 3. The Bertz CT molecular complexity index is 637. The quantitative estimate of drug-likeness (QED) is 0.898. The number of hydrogen-bond acceptors (Lipinski definition) is 2. The van der Waals surface area contributed by atoms with Crippen LogP contribution in [-0.2, 0) is 18.3 Å². The SMILES string of the molecule is NCC1(c2ncc(-c3ccc4c(c3)CCCC4)[nH]2)CC1. The molecule has 4 rings (SSSR count). The maximum Gasteiger partial charge on any atom is 0.114 e. The van der Waals surface area contributed by atoms with Crippen molar-refractivity contribution in [1.29, 1.82) is 0 Å². The van der Waals surface area contributed by atoms with Gasteiger partial charge >= 0.3 is 0 Å². The minimum absolute atomic E-state index is 0.145. The number of nitrogens with zero attached hydrogens (tertiary/aromatic N) is 1. The van der Waals surface area contributed by atoms with Gasteiger partial charge < -0.3 is 10.7 Å². The van der Waals surface area contributed by atoms with Gasteiger partial charge in [0.15, 0.2) is 0 Å². The standard InChI is InChI=1S/C17H21N3/c18-11-17(7-8-17)16-19-10-15(20-16)14-6-5-12-3-1-2-4-13(12)9-14/h5-6,9-10H,1-4,7-8,11,18H2,(H,19,20). The molecule has 1 aromatic carbocycles. The average molecular weight is 267 g/mol. The Hall–Kier alpha value is -1.61. The van der Waals surface area contributed by atoms with Crippen molar-refractivity contribution in [3.63, 3.8) is 0 Å². The average Bonchev–Trinajstić information content (AvgIpc) is 3.15. The first kappa shape index (κ1) is 12.2. The molecule has 0 aliphatic heterocycles. The molecule has 2 aliphatic carbocycles. The molecule has 1 saturated carbocycles. The van der Waals surface area contributed by atoms with Crippen LogP contribution in [0.3, 0.4) is 0 Å². The van der Waals surface area contributed by atoms with E-state index >= 15 is 0 Å². The molecule has 3 nitrogen and oxygen atoms in total. The van der Waals surface area contributed by atoms with Crippen LogP contribution in [-0.4, -0.2) is 16.5 Å². The molecule has 104 valence electrons. The molecule has 1 fully saturated rings. The fourth-order valence-corrected chi connectivity index (χ4v) is 3.33. The highest BCUT2D eigenvalue weighted by Crippen LogP contribution is 2.46. The van der Waals surface area contributed by atoms with Gasteiger partial charge in [0.2, 0.25) is 0 Å². The lowest BCUT2D eigenvalue weighted by molar-refractivity contribution is 0.659. The summed E-state index contributed by atoms with van der Waals surface area (Å²) in [5.74, 6) is 1.08. The Morgan fingerprint density at radius 2 is 1.95 bits per heavy atom. The predicted molar refractivity (Wildman–Crippen MR) is 80.6 cm³/mol. The van der Waals surface area contributed by atoms with Crippen molar-refractivity contribution in [2.24, 2.45) is 5.73 Å². The number of imidazole rings is 1. The first-order valence-electron chi connectivity index (χ1n) is 7.68. The van der Waals surface area contributed by atoms with Crippen LogP contribution in [0.25, 0.3) is 11.3 Å². The zero-order chi connectivity index (χ0) is 13.6. The summed E-state index contributed by atoms with van der Waals surface area (Å²) in [5.41, 5.74) is 11.5. The van der Waals surface area contributed by atoms with Gasteiger partial charge in [-0.1, -0.05) is 12.1 Å². The number of aryl methyl sites for hydroxylation is 2. The van der Waals surface area contributed by atoms with Crippen LogP contribution in [0, 0.1) is 0 Å². The third-order valence-electron chi connectivity index (χ3n) is 4.98.